The van der Waals surface area contributed by atoms with Gasteiger partial charge in [-0.15, -0.1) is 22.9 Å². The van der Waals surface area contributed by atoms with E-state index in [4.69, 9.17) is 23.2 Å². The van der Waals surface area contributed by atoms with Crippen molar-refractivity contribution in [3.63, 3.8) is 0 Å². The highest BCUT2D eigenvalue weighted by Gasteiger charge is 2.12. The van der Waals surface area contributed by atoms with E-state index in [9.17, 15) is 0 Å². The van der Waals surface area contributed by atoms with Crippen molar-refractivity contribution >= 4 is 45.6 Å². The van der Waals surface area contributed by atoms with E-state index in [1.54, 1.807) is 11.3 Å². The Morgan fingerprint density at radius 1 is 1.32 bits per heavy atom. The molecule has 0 unspecified atom stereocenters. The first-order valence-electron chi connectivity index (χ1n) is 5.79. The molecule has 1 aromatic carbocycles. The molecule has 0 fully saturated rings. The van der Waals surface area contributed by atoms with Gasteiger partial charge < -0.3 is 4.57 Å². The van der Waals surface area contributed by atoms with Gasteiger partial charge in [0.15, 0.2) is 0 Å². The lowest BCUT2D eigenvalue weighted by Gasteiger charge is -2.05. The third kappa shape index (κ3) is 2.48. The molecule has 0 bridgehead atoms. The van der Waals surface area contributed by atoms with Crippen LogP contribution in [0.25, 0.3) is 11.0 Å². The third-order valence-corrected chi connectivity index (χ3v) is 4.29. The Morgan fingerprint density at radius 3 is 2.84 bits per heavy atom. The van der Waals surface area contributed by atoms with Crippen molar-refractivity contribution in [1.82, 2.24) is 14.5 Å². The number of rotatable bonds is 3. The van der Waals surface area contributed by atoms with Crippen molar-refractivity contribution in [2.45, 2.75) is 19.3 Å². The van der Waals surface area contributed by atoms with Crippen molar-refractivity contribution < 1.29 is 0 Å². The number of halogens is 2. The number of hydrogen-bond acceptors (Lipinski definition) is 3. The van der Waals surface area contributed by atoms with Crippen LogP contribution in [0.3, 0.4) is 0 Å². The molecule has 19 heavy (non-hydrogen) atoms. The van der Waals surface area contributed by atoms with Gasteiger partial charge in [0.2, 0.25) is 0 Å². The average molecular weight is 312 g/mol. The van der Waals surface area contributed by atoms with Crippen molar-refractivity contribution in [3.8, 4) is 0 Å². The Kier molecular flexibility index (Phi) is 3.48. The molecule has 0 saturated heterocycles. The number of aryl methyl sites for hydroxylation is 1. The summed E-state index contributed by atoms with van der Waals surface area (Å²) in [4.78, 5) is 9.00. The largest absolute Gasteiger partial charge is 0.320 e. The van der Waals surface area contributed by atoms with Gasteiger partial charge in [-0.1, -0.05) is 11.6 Å². The summed E-state index contributed by atoms with van der Waals surface area (Å²) in [5.74, 6) is 1.21. The normalized spacial score (nSPS) is 11.3. The van der Waals surface area contributed by atoms with Crippen LogP contribution in [0, 0.1) is 6.92 Å². The van der Waals surface area contributed by atoms with Gasteiger partial charge in [-0.25, -0.2) is 9.97 Å². The molecule has 0 atom stereocenters. The lowest BCUT2D eigenvalue weighted by atomic mass is 10.3. The van der Waals surface area contributed by atoms with Gasteiger partial charge >= 0.3 is 0 Å². The first kappa shape index (κ1) is 12.9. The highest BCUT2D eigenvalue weighted by atomic mass is 35.5. The molecule has 0 spiro atoms. The first-order chi connectivity index (χ1) is 9.17. The van der Waals surface area contributed by atoms with Crippen molar-refractivity contribution in [3.05, 3.63) is 45.1 Å². The van der Waals surface area contributed by atoms with Crippen LogP contribution in [0.5, 0.6) is 0 Å². The highest BCUT2D eigenvalue weighted by Crippen LogP contribution is 2.23. The fourth-order valence-corrected chi connectivity index (χ4v) is 3.17. The summed E-state index contributed by atoms with van der Waals surface area (Å²) in [5, 5.41) is 3.78. The SMILES string of the molecule is Cc1csc(Cn2c(CCl)nc3cc(Cl)ccc32)n1. The van der Waals surface area contributed by atoms with Crippen LogP contribution in [-0.2, 0) is 12.4 Å². The molecular formula is C13H11Cl2N3S. The summed E-state index contributed by atoms with van der Waals surface area (Å²) >= 11 is 13.6. The predicted octanol–water partition coefficient (Wildman–Crippen LogP) is 4.24. The van der Waals surface area contributed by atoms with Crippen LogP contribution in [0.4, 0.5) is 0 Å². The maximum atomic E-state index is 5.99. The van der Waals surface area contributed by atoms with Gasteiger partial charge in [0.1, 0.15) is 10.8 Å². The molecule has 6 heteroatoms. The fraction of sp³-hybridized carbons (Fsp3) is 0.231. The number of aromatic nitrogens is 3. The zero-order valence-corrected chi connectivity index (χ0v) is 12.6. The minimum Gasteiger partial charge on any atom is -0.320 e. The molecule has 0 amide bonds. The molecule has 98 valence electrons. The van der Waals surface area contributed by atoms with E-state index in [1.807, 2.05) is 30.5 Å². The van der Waals surface area contributed by atoms with Gasteiger partial charge in [-0.05, 0) is 25.1 Å². The van der Waals surface area contributed by atoms with E-state index in [1.165, 1.54) is 0 Å². The number of benzene rings is 1. The van der Waals surface area contributed by atoms with Crippen molar-refractivity contribution in [1.29, 1.82) is 0 Å². The van der Waals surface area contributed by atoms with Crippen molar-refractivity contribution in [2.24, 2.45) is 0 Å². The molecule has 3 aromatic rings. The van der Waals surface area contributed by atoms with E-state index in [2.05, 4.69) is 14.5 Å². The highest BCUT2D eigenvalue weighted by molar-refractivity contribution is 7.09. The maximum absolute atomic E-state index is 5.99. The minimum atomic E-state index is 0.372. The van der Waals surface area contributed by atoms with Crippen molar-refractivity contribution in [2.75, 3.05) is 0 Å². The van der Waals surface area contributed by atoms with Crippen LogP contribution in [0.15, 0.2) is 23.6 Å². The number of thiazole rings is 1. The minimum absolute atomic E-state index is 0.372. The van der Waals surface area contributed by atoms with Crippen LogP contribution >= 0.6 is 34.5 Å². The summed E-state index contributed by atoms with van der Waals surface area (Å²) in [6, 6.07) is 5.70. The van der Waals surface area contributed by atoms with Gasteiger partial charge in [-0.2, -0.15) is 0 Å². The average Bonchev–Trinajstić information content (AvgIpc) is 2.94. The van der Waals surface area contributed by atoms with E-state index >= 15 is 0 Å². The first-order valence-corrected chi connectivity index (χ1v) is 7.58. The van der Waals surface area contributed by atoms with Crippen LogP contribution in [0.2, 0.25) is 5.02 Å². The quantitative estimate of drug-likeness (QED) is 0.677. The Morgan fingerprint density at radius 2 is 2.16 bits per heavy atom. The molecule has 0 aliphatic heterocycles. The molecule has 0 aliphatic carbocycles. The summed E-state index contributed by atoms with van der Waals surface area (Å²) < 4.78 is 2.09. The second kappa shape index (κ2) is 5.12. The summed E-state index contributed by atoms with van der Waals surface area (Å²) in [5.41, 5.74) is 2.95. The zero-order valence-electron chi connectivity index (χ0n) is 10.2. The molecule has 3 nitrogen and oxygen atoms in total. The Balaban J connectivity index is 2.10. The van der Waals surface area contributed by atoms with E-state index in [0.717, 1.165) is 27.6 Å². The maximum Gasteiger partial charge on any atom is 0.125 e. The lowest BCUT2D eigenvalue weighted by Crippen LogP contribution is -2.03. The molecule has 2 aromatic heterocycles. The number of fused-ring (bicyclic) bond motifs is 1. The summed E-state index contributed by atoms with van der Waals surface area (Å²) in [7, 11) is 0. The smallest absolute Gasteiger partial charge is 0.125 e. The van der Waals surface area contributed by atoms with Crippen LogP contribution < -0.4 is 0 Å². The van der Waals surface area contributed by atoms with E-state index < -0.39 is 0 Å². The molecule has 2 heterocycles. The second-order valence-corrected chi connectivity index (χ2v) is 5.91. The van der Waals surface area contributed by atoms with Gasteiger partial charge in [0.05, 0.1) is 23.5 Å². The van der Waals surface area contributed by atoms with Gasteiger partial charge in [0.25, 0.3) is 0 Å². The third-order valence-electron chi connectivity index (χ3n) is 2.87. The predicted molar refractivity (Wildman–Crippen MR) is 80.3 cm³/mol. The second-order valence-electron chi connectivity index (χ2n) is 4.26. The Bertz CT molecular complexity index is 733. The van der Waals surface area contributed by atoms with Gasteiger partial charge in [0, 0.05) is 16.1 Å². The Hall–Kier alpha value is -1.10. The van der Waals surface area contributed by atoms with E-state index in [0.29, 0.717) is 17.4 Å². The Labute approximate surface area is 124 Å². The number of imidazole rings is 1. The number of hydrogen-bond donors (Lipinski definition) is 0. The molecular weight excluding hydrogens is 301 g/mol. The molecule has 0 aliphatic rings. The molecule has 0 saturated carbocycles. The topological polar surface area (TPSA) is 30.7 Å². The summed E-state index contributed by atoms with van der Waals surface area (Å²) in [6.45, 7) is 2.69. The zero-order chi connectivity index (χ0) is 13.4. The standard InChI is InChI=1S/C13H11Cl2N3S/c1-8-7-19-13(16-8)6-18-11-3-2-9(15)4-10(11)17-12(18)5-14/h2-4,7H,5-6H2,1H3. The van der Waals surface area contributed by atoms with E-state index in [-0.39, 0.29) is 0 Å². The lowest BCUT2D eigenvalue weighted by molar-refractivity contribution is 0.771. The number of nitrogens with zero attached hydrogens (tertiary/aromatic N) is 3. The molecule has 0 radical (unpaired) electrons. The molecule has 0 N–H and O–H groups in total. The molecule has 3 rings (SSSR count). The van der Waals surface area contributed by atoms with Crippen LogP contribution in [0.1, 0.15) is 16.5 Å². The fourth-order valence-electron chi connectivity index (χ4n) is 2.04. The van der Waals surface area contributed by atoms with Crippen LogP contribution in [-0.4, -0.2) is 14.5 Å². The summed E-state index contributed by atoms with van der Waals surface area (Å²) in [6.07, 6.45) is 0. The van der Waals surface area contributed by atoms with Gasteiger partial charge in [-0.3, -0.25) is 0 Å². The number of alkyl halides is 1. The monoisotopic (exact) mass is 311 g/mol.